The van der Waals surface area contributed by atoms with E-state index in [-0.39, 0.29) is 11.9 Å². The van der Waals surface area contributed by atoms with Crippen LogP contribution in [0.5, 0.6) is 5.75 Å². The van der Waals surface area contributed by atoms with Gasteiger partial charge in [-0.1, -0.05) is 0 Å². The maximum atomic E-state index is 13.4. The monoisotopic (exact) mass is 232 g/mol. The molecular formula is C9H9FO4S. The van der Waals surface area contributed by atoms with E-state index in [9.17, 15) is 12.8 Å². The van der Waals surface area contributed by atoms with Crippen molar-refractivity contribution < 1.29 is 21.7 Å². The van der Waals surface area contributed by atoms with Gasteiger partial charge in [-0.3, -0.25) is 0 Å². The van der Waals surface area contributed by atoms with Gasteiger partial charge in [0.15, 0.2) is 0 Å². The number of rotatable bonds is 3. The van der Waals surface area contributed by atoms with E-state index in [1.54, 1.807) is 0 Å². The fourth-order valence-electron chi connectivity index (χ4n) is 1.22. The highest BCUT2D eigenvalue weighted by atomic mass is 32.2. The van der Waals surface area contributed by atoms with Crippen molar-refractivity contribution in [2.75, 3.05) is 12.9 Å². The smallest absolute Gasteiger partial charge is 0.306 e. The minimum absolute atomic E-state index is 0.0283. The predicted octanol–water partition coefficient (Wildman–Crippen LogP) is 1.24. The van der Waals surface area contributed by atoms with Crippen LogP contribution in [0, 0.1) is 5.82 Å². The Morgan fingerprint density at radius 1 is 1.53 bits per heavy atom. The van der Waals surface area contributed by atoms with Gasteiger partial charge in [-0.2, -0.15) is 8.42 Å². The third kappa shape index (κ3) is 2.66. The van der Waals surface area contributed by atoms with E-state index in [0.717, 1.165) is 12.3 Å². The average molecular weight is 232 g/mol. The molecule has 0 radical (unpaired) electrons. The van der Waals surface area contributed by atoms with E-state index in [2.05, 4.69) is 4.18 Å². The van der Waals surface area contributed by atoms with E-state index in [0.29, 0.717) is 12.2 Å². The predicted molar refractivity (Wildman–Crippen MR) is 50.6 cm³/mol. The molecule has 2 rings (SSSR count). The summed E-state index contributed by atoms with van der Waals surface area (Å²) < 4.78 is 44.4. The number of benzene rings is 1. The van der Waals surface area contributed by atoms with Crippen LogP contribution in [0.15, 0.2) is 18.2 Å². The normalized spacial score (nSPS) is 20.0. The first-order valence-electron chi connectivity index (χ1n) is 4.26. The summed E-state index contributed by atoms with van der Waals surface area (Å²) in [5, 5.41) is 0. The highest BCUT2D eigenvalue weighted by Gasteiger charge is 2.28. The van der Waals surface area contributed by atoms with Crippen LogP contribution in [0.25, 0.3) is 0 Å². The van der Waals surface area contributed by atoms with Crippen LogP contribution in [-0.2, 0) is 14.9 Å². The van der Waals surface area contributed by atoms with E-state index in [1.165, 1.54) is 12.1 Å². The highest BCUT2D eigenvalue weighted by Crippen LogP contribution is 2.33. The summed E-state index contributed by atoms with van der Waals surface area (Å²) in [5.41, 5.74) is 0.427. The van der Waals surface area contributed by atoms with Gasteiger partial charge >= 0.3 is 10.1 Å². The van der Waals surface area contributed by atoms with Gasteiger partial charge in [0.1, 0.15) is 17.7 Å². The zero-order valence-electron chi connectivity index (χ0n) is 7.94. The van der Waals surface area contributed by atoms with Crippen molar-refractivity contribution in [3.8, 4) is 5.75 Å². The highest BCUT2D eigenvalue weighted by molar-refractivity contribution is 7.86. The molecule has 0 spiro atoms. The number of halogens is 1. The molecule has 4 nitrogen and oxygen atoms in total. The topological polar surface area (TPSA) is 55.9 Å². The molecule has 0 aromatic heterocycles. The summed E-state index contributed by atoms with van der Waals surface area (Å²) in [6, 6.07) is 3.91. The lowest BCUT2D eigenvalue weighted by molar-refractivity contribution is 0.407. The van der Waals surface area contributed by atoms with E-state index in [1.807, 2.05) is 0 Å². The standard InChI is InChI=1S/C9H9FO4S/c1-15(11,12)14-6-2-3-7(8(10)4-6)9-5-13-9/h2-4,9H,5H2,1H3. The molecule has 82 valence electrons. The van der Waals surface area contributed by atoms with Crippen LogP contribution >= 0.6 is 0 Å². The van der Waals surface area contributed by atoms with Gasteiger partial charge in [0, 0.05) is 11.6 Å². The number of epoxide rings is 1. The van der Waals surface area contributed by atoms with Gasteiger partial charge in [-0.15, -0.1) is 0 Å². The Morgan fingerprint density at radius 3 is 2.67 bits per heavy atom. The summed E-state index contributed by atoms with van der Waals surface area (Å²) in [6.07, 6.45) is 0.709. The third-order valence-electron chi connectivity index (χ3n) is 1.90. The van der Waals surface area contributed by atoms with Crippen LogP contribution in [0.4, 0.5) is 4.39 Å². The molecule has 1 atom stereocenters. The molecule has 0 N–H and O–H groups in total. The van der Waals surface area contributed by atoms with Crippen molar-refractivity contribution in [3.63, 3.8) is 0 Å². The summed E-state index contributed by atoms with van der Waals surface area (Å²) in [7, 11) is -3.61. The Balaban J connectivity index is 2.25. The molecule has 1 heterocycles. The molecular weight excluding hydrogens is 223 g/mol. The van der Waals surface area contributed by atoms with E-state index >= 15 is 0 Å². The molecule has 1 aromatic carbocycles. The Bertz CT molecular complexity index is 479. The Hall–Kier alpha value is -1.14. The zero-order valence-corrected chi connectivity index (χ0v) is 8.75. The molecule has 1 aliphatic heterocycles. The van der Waals surface area contributed by atoms with Gasteiger partial charge < -0.3 is 8.92 Å². The maximum absolute atomic E-state index is 13.4. The molecule has 1 aromatic rings. The van der Waals surface area contributed by atoms with Gasteiger partial charge in [0.25, 0.3) is 0 Å². The summed E-state index contributed by atoms with van der Waals surface area (Å²) in [4.78, 5) is 0. The lowest BCUT2D eigenvalue weighted by Gasteiger charge is -2.04. The second kappa shape index (κ2) is 3.46. The van der Waals surface area contributed by atoms with Gasteiger partial charge in [0.05, 0.1) is 12.9 Å². The van der Waals surface area contributed by atoms with Crippen LogP contribution in [0.1, 0.15) is 11.7 Å². The molecule has 1 aliphatic rings. The zero-order chi connectivity index (χ0) is 11.1. The Kier molecular flexibility index (Phi) is 2.40. The van der Waals surface area contributed by atoms with Gasteiger partial charge in [-0.25, -0.2) is 4.39 Å². The first-order chi connectivity index (χ1) is 6.96. The molecule has 0 aliphatic carbocycles. The molecule has 0 saturated carbocycles. The molecule has 0 amide bonds. The fraction of sp³-hybridized carbons (Fsp3) is 0.333. The molecule has 1 unspecified atom stereocenters. The Labute approximate surface area is 86.7 Å². The summed E-state index contributed by atoms with van der Waals surface area (Å²) in [5.74, 6) is -0.543. The summed E-state index contributed by atoms with van der Waals surface area (Å²) in [6.45, 7) is 0.503. The lowest BCUT2D eigenvalue weighted by atomic mass is 10.1. The van der Waals surface area contributed by atoms with E-state index in [4.69, 9.17) is 4.74 Å². The Morgan fingerprint density at radius 2 is 2.20 bits per heavy atom. The minimum Gasteiger partial charge on any atom is -0.382 e. The van der Waals surface area contributed by atoms with Crippen LogP contribution < -0.4 is 4.18 Å². The minimum atomic E-state index is -3.61. The quantitative estimate of drug-likeness (QED) is 0.581. The van der Waals surface area contributed by atoms with Crippen LogP contribution in [0.2, 0.25) is 0 Å². The second-order valence-electron chi connectivity index (χ2n) is 3.29. The largest absolute Gasteiger partial charge is 0.382 e. The van der Waals surface area contributed by atoms with Crippen molar-refractivity contribution in [1.82, 2.24) is 0 Å². The first kappa shape index (κ1) is 10.4. The molecule has 15 heavy (non-hydrogen) atoms. The van der Waals surface area contributed by atoms with Crippen molar-refractivity contribution in [2.24, 2.45) is 0 Å². The molecule has 6 heteroatoms. The van der Waals surface area contributed by atoms with Crippen molar-refractivity contribution in [3.05, 3.63) is 29.6 Å². The second-order valence-corrected chi connectivity index (χ2v) is 4.87. The molecule has 1 saturated heterocycles. The van der Waals surface area contributed by atoms with Crippen molar-refractivity contribution in [2.45, 2.75) is 6.10 Å². The van der Waals surface area contributed by atoms with Crippen molar-refractivity contribution >= 4 is 10.1 Å². The third-order valence-corrected chi connectivity index (χ3v) is 2.39. The number of hydrogen-bond donors (Lipinski definition) is 0. The number of ether oxygens (including phenoxy) is 1. The van der Waals surface area contributed by atoms with Gasteiger partial charge in [-0.05, 0) is 12.1 Å². The van der Waals surface area contributed by atoms with Crippen LogP contribution in [-0.4, -0.2) is 21.3 Å². The number of hydrogen-bond acceptors (Lipinski definition) is 4. The summed E-state index contributed by atoms with van der Waals surface area (Å²) >= 11 is 0. The SMILES string of the molecule is CS(=O)(=O)Oc1ccc(C2CO2)c(F)c1. The van der Waals surface area contributed by atoms with Crippen LogP contribution in [0.3, 0.4) is 0 Å². The van der Waals surface area contributed by atoms with E-state index < -0.39 is 15.9 Å². The molecule has 0 bridgehead atoms. The first-order valence-corrected chi connectivity index (χ1v) is 6.08. The van der Waals surface area contributed by atoms with Gasteiger partial charge in [0.2, 0.25) is 0 Å². The fourth-order valence-corrected chi connectivity index (χ4v) is 1.68. The maximum Gasteiger partial charge on any atom is 0.306 e. The van der Waals surface area contributed by atoms with Crippen molar-refractivity contribution in [1.29, 1.82) is 0 Å². The lowest BCUT2D eigenvalue weighted by Crippen LogP contribution is -2.06. The molecule has 1 fully saturated rings. The average Bonchev–Trinajstić information content (AvgIpc) is 2.84.